The van der Waals surface area contributed by atoms with E-state index >= 15 is 0 Å². The van der Waals surface area contributed by atoms with Crippen LogP contribution in [0.15, 0.2) is 72.8 Å². The molecular weight excluding hydrogens is 927 g/mol. The Morgan fingerprint density at radius 2 is 0.643 bits per heavy atom. The number of carbonyl (C=O) groups excluding carboxylic acids is 4. The largest absolute Gasteiger partial charge is 1.00 e. The number of benzene rings is 4. The molecule has 0 amide bonds. The topological polar surface area (TPSA) is 269 Å². The number of rotatable bonds is 4. The number of nitrogens with one attached hydrogen (secondary N) is 2. The van der Waals surface area contributed by atoms with E-state index in [2.05, 4.69) is 29.9 Å². The van der Waals surface area contributed by atoms with Gasteiger partial charge in [0.15, 0.2) is 23.3 Å². The molecule has 2 N–H and O–H groups in total. The van der Waals surface area contributed by atoms with Crippen LogP contribution in [0.3, 0.4) is 0 Å². The number of carboxylic acids is 4. The number of hydrogen-bond donors (Lipinski definition) is 2. The van der Waals surface area contributed by atoms with E-state index in [0.29, 0.717) is 44.3 Å². The van der Waals surface area contributed by atoms with E-state index in [9.17, 15) is 39.6 Å². The molecule has 290 valence electrons. The number of aromatic nitrogens is 8. The van der Waals surface area contributed by atoms with Gasteiger partial charge in [0.2, 0.25) is 0 Å². The van der Waals surface area contributed by atoms with Crippen LogP contribution in [0.2, 0.25) is 0 Å². The Labute approximate surface area is 354 Å². The number of aromatic amines is 2. The van der Waals surface area contributed by atoms with E-state index in [1.165, 1.54) is 0 Å². The van der Waals surface area contributed by atoms with Crippen LogP contribution in [0.5, 0.6) is 0 Å². The molecule has 0 fully saturated rings. The minimum Gasteiger partial charge on any atom is -0.545 e. The second-order valence-electron chi connectivity index (χ2n) is 11.6. The van der Waals surface area contributed by atoms with Crippen LogP contribution in [0.4, 0.5) is 0 Å². The average Bonchev–Trinajstić information content (AvgIpc) is 3.86. The van der Waals surface area contributed by atoms with Gasteiger partial charge in [-0.15, -0.1) is 0 Å². The first kappa shape index (κ1) is 41.4. The number of fused-ring (bicyclic) bond motifs is 20. The summed E-state index contributed by atoms with van der Waals surface area (Å²) in [4.78, 5) is 84.3. The fourth-order valence-corrected chi connectivity index (χ4v) is 6.72. The number of carbonyl (C=O) groups is 4. The maximum absolute atomic E-state index is 12.7. The fraction of sp³-hybridized carbons (Fsp3) is 0. The zero-order valence-corrected chi connectivity index (χ0v) is 30.9. The van der Waals surface area contributed by atoms with Crippen LogP contribution >= 0.6 is 0 Å². The molecule has 0 radical (unpaired) electrons. The van der Waals surface area contributed by atoms with Gasteiger partial charge in [0.05, 0.1) is 23.9 Å². The van der Waals surface area contributed by atoms with Crippen molar-refractivity contribution in [3.63, 3.8) is 0 Å². The molecule has 0 saturated carbocycles. The molecule has 0 saturated heterocycles. The van der Waals surface area contributed by atoms with E-state index in [1.54, 1.807) is 48.5 Å². The molecule has 7 aromatic rings. The summed E-state index contributed by atoms with van der Waals surface area (Å²) in [5, 5.41) is 50.3. The van der Waals surface area contributed by atoms with Gasteiger partial charge in [-0.2, -0.15) is 0 Å². The standard InChI is InChI=1S/C36H18N8O8.4Cu/c45-33(46)21-19-20(22(34(47)48)24(36(51)52)23(21)35(49)50)32-43-30-18-12-6-4-10-16(18)28(41-30)39-26-14-8-2-1-7-13(14)25(37-26)38-27-15-9-3-5-11-17(15)29(40-27)42-31(19)44-32;;;;/h1-12H,(H,45,46)(H,47,48)(H,49,50)(H,51,52)(H2,37,38,39,40,41,42,43,44);;;;/q;4*+1/p-4. The molecule has 0 atom stereocenters. The Morgan fingerprint density at radius 3 is 0.946 bits per heavy atom. The Hall–Kier alpha value is -5.80. The van der Waals surface area contributed by atoms with E-state index < -0.39 is 68.2 Å². The summed E-state index contributed by atoms with van der Waals surface area (Å²) < 4.78 is 0. The number of H-pyrrole nitrogens is 2. The summed E-state index contributed by atoms with van der Waals surface area (Å²) in [7, 11) is 0. The van der Waals surface area contributed by atoms with Crippen molar-refractivity contribution in [1.29, 1.82) is 0 Å². The van der Waals surface area contributed by atoms with E-state index in [0.717, 1.165) is 0 Å². The molecule has 56 heavy (non-hydrogen) atoms. The molecule has 8 bridgehead atoms. The van der Waals surface area contributed by atoms with E-state index in [1.807, 2.05) is 24.3 Å². The number of nitrogens with zero attached hydrogens (tertiary/aromatic N) is 6. The van der Waals surface area contributed by atoms with Gasteiger partial charge in [0.25, 0.3) is 0 Å². The third-order valence-corrected chi connectivity index (χ3v) is 8.81. The molecule has 0 unspecified atom stereocenters. The quantitative estimate of drug-likeness (QED) is 0.225. The van der Waals surface area contributed by atoms with Gasteiger partial charge < -0.3 is 49.6 Å². The minimum absolute atomic E-state index is 0. The van der Waals surface area contributed by atoms with Crippen molar-refractivity contribution < 1.29 is 108 Å². The van der Waals surface area contributed by atoms with E-state index in [4.69, 9.17) is 9.97 Å². The smallest absolute Gasteiger partial charge is 0.545 e. The minimum atomic E-state index is -2.34. The third-order valence-electron chi connectivity index (χ3n) is 8.81. The molecule has 5 heterocycles. The van der Waals surface area contributed by atoms with Gasteiger partial charge in [-0.05, 0) is 0 Å². The summed E-state index contributed by atoms with van der Waals surface area (Å²) >= 11 is 0. The number of carboxylic acid groups (broad SMARTS) is 4. The Morgan fingerprint density at radius 1 is 0.375 bits per heavy atom. The monoisotopic (exact) mass is 938 g/mol. The van der Waals surface area contributed by atoms with Crippen LogP contribution in [0.25, 0.3) is 89.7 Å². The summed E-state index contributed by atoms with van der Waals surface area (Å²) in [5.74, 6) is -8.77. The van der Waals surface area contributed by atoms with Crippen LogP contribution in [0.1, 0.15) is 41.4 Å². The van der Waals surface area contributed by atoms with Crippen molar-refractivity contribution in [3.8, 4) is 45.6 Å². The predicted molar refractivity (Wildman–Crippen MR) is 173 cm³/mol. The van der Waals surface area contributed by atoms with Crippen LogP contribution in [0, 0.1) is 0 Å². The van der Waals surface area contributed by atoms with Crippen molar-refractivity contribution >= 4 is 68.0 Å². The molecule has 3 aromatic heterocycles. The zero-order valence-electron chi connectivity index (χ0n) is 27.1. The second kappa shape index (κ2) is 15.4. The first-order chi connectivity index (χ1) is 25.1. The molecule has 2 aliphatic rings. The normalized spacial score (nSPS) is 10.9. The third kappa shape index (κ3) is 6.24. The summed E-state index contributed by atoms with van der Waals surface area (Å²) in [6, 6.07) is 21.0. The molecule has 0 spiro atoms. The van der Waals surface area contributed by atoms with Crippen molar-refractivity contribution in [2.24, 2.45) is 0 Å². The van der Waals surface area contributed by atoms with Crippen molar-refractivity contribution in [1.82, 2.24) is 39.9 Å². The predicted octanol–water partition coefficient (Wildman–Crippen LogP) is 0.313. The van der Waals surface area contributed by atoms with Crippen molar-refractivity contribution in [3.05, 3.63) is 95.1 Å². The summed E-state index contributed by atoms with van der Waals surface area (Å²) in [5.41, 5.74) is -3.81. The molecule has 2 aliphatic heterocycles. The van der Waals surface area contributed by atoms with E-state index in [-0.39, 0.29) is 91.6 Å². The van der Waals surface area contributed by atoms with Crippen LogP contribution < -0.4 is 20.4 Å². The maximum Gasteiger partial charge on any atom is 1.00 e. The second-order valence-corrected chi connectivity index (χ2v) is 11.6. The van der Waals surface area contributed by atoms with Gasteiger partial charge in [-0.3, -0.25) is 0 Å². The molecule has 0 aliphatic carbocycles. The zero-order chi connectivity index (χ0) is 36.0. The average molecular weight is 941 g/mol. The Bertz CT molecular complexity index is 2830. The first-order valence-corrected chi connectivity index (χ1v) is 15.3. The molecular formula is C36H14Cu4N8O8. The van der Waals surface area contributed by atoms with Gasteiger partial charge >= 0.3 is 68.3 Å². The van der Waals surface area contributed by atoms with Gasteiger partial charge in [-0.1, -0.05) is 72.8 Å². The summed E-state index contributed by atoms with van der Waals surface area (Å²) in [6.45, 7) is 0. The SMILES string of the molecule is O=C([O-])c1c(C(=O)[O-])c(C(=O)[O-])c2c3nc4nc(nc5[nH]c(nc6nc(nc([nH]3)c2c1C(=O)[O-])-c1ccccc1-6)c1ccccc51)-c1ccccc1-4.[Cu+].[Cu+].[Cu+].[Cu+]. The molecule has 9 rings (SSSR count). The Kier molecular flexibility index (Phi) is 11.4. The van der Waals surface area contributed by atoms with Gasteiger partial charge in [-0.25, -0.2) is 29.9 Å². The van der Waals surface area contributed by atoms with Gasteiger partial charge in [0, 0.05) is 66.1 Å². The molecule has 16 nitrogen and oxygen atoms in total. The number of hydrogen-bond acceptors (Lipinski definition) is 14. The van der Waals surface area contributed by atoms with Gasteiger partial charge in [0.1, 0.15) is 22.6 Å². The van der Waals surface area contributed by atoms with Crippen LogP contribution in [-0.4, -0.2) is 63.7 Å². The Balaban J connectivity index is 0.00000150. The van der Waals surface area contributed by atoms with Crippen LogP contribution in [-0.2, 0) is 68.3 Å². The summed E-state index contributed by atoms with van der Waals surface area (Å²) in [6.07, 6.45) is 0. The molecule has 4 aromatic carbocycles. The number of aromatic carboxylic acids is 4. The van der Waals surface area contributed by atoms with Crippen molar-refractivity contribution in [2.45, 2.75) is 0 Å². The fourth-order valence-electron chi connectivity index (χ4n) is 6.72. The first-order valence-electron chi connectivity index (χ1n) is 15.3. The maximum atomic E-state index is 12.7. The van der Waals surface area contributed by atoms with Crippen molar-refractivity contribution in [2.75, 3.05) is 0 Å². The molecule has 20 heteroatoms.